The van der Waals surface area contributed by atoms with Crippen LogP contribution in [0.4, 0.5) is 0 Å². The average molecular weight is 739 g/mol. The molecule has 4 rings (SSSR count). The quantitative estimate of drug-likeness (QED) is 0.0657. The summed E-state index contributed by atoms with van der Waals surface area (Å²) < 4.78 is 76.0. The Morgan fingerprint density at radius 1 is 0.612 bits per heavy atom. The third kappa shape index (κ3) is 14.9. The van der Waals surface area contributed by atoms with Crippen molar-refractivity contribution in [3.8, 4) is 34.5 Å². The van der Waals surface area contributed by atoms with Crippen LogP contribution in [0.1, 0.15) is 76.3 Å². The predicted octanol–water partition coefficient (Wildman–Crippen LogP) is 7.75. The molecule has 260 valence electrons. The second-order valence-electron chi connectivity index (χ2n) is 11.3. The molecule has 0 saturated heterocycles. The van der Waals surface area contributed by atoms with Crippen molar-refractivity contribution in [1.29, 1.82) is 0 Å². The summed E-state index contributed by atoms with van der Waals surface area (Å²) in [6.07, 6.45) is 11.3. The minimum Gasteiger partial charge on any atom is -0.872 e. The van der Waals surface area contributed by atoms with Crippen molar-refractivity contribution in [2.24, 2.45) is 0 Å². The van der Waals surface area contributed by atoms with Gasteiger partial charge in [0.2, 0.25) is 0 Å². The zero-order valence-corrected chi connectivity index (χ0v) is 31.7. The zero-order valence-electron chi connectivity index (χ0n) is 27.8. The van der Waals surface area contributed by atoms with Crippen molar-refractivity contribution in [3.63, 3.8) is 0 Å². The Bertz CT molecular complexity index is 1710. The maximum Gasteiger partial charge on any atom is 2.00 e. The average Bonchev–Trinajstić information content (AvgIpc) is 3.03. The Kier molecular flexibility index (Phi) is 17.9. The summed E-state index contributed by atoms with van der Waals surface area (Å²) in [5.74, 6) is 0.137. The topological polar surface area (TPSA) is 173 Å². The molecule has 0 radical (unpaired) electrons. The van der Waals surface area contributed by atoms with E-state index in [2.05, 4.69) is 13.8 Å². The summed E-state index contributed by atoms with van der Waals surface area (Å²) in [5.41, 5.74) is 2.28. The normalized spacial score (nSPS) is 11.2. The summed E-state index contributed by atoms with van der Waals surface area (Å²) in [6, 6.07) is 22.1. The van der Waals surface area contributed by atoms with E-state index >= 15 is 0 Å². The molecule has 13 heteroatoms. The Morgan fingerprint density at radius 2 is 1.06 bits per heavy atom. The van der Waals surface area contributed by atoms with Gasteiger partial charge in [0.1, 0.15) is 43.8 Å². The molecule has 2 N–H and O–H groups in total. The van der Waals surface area contributed by atoms with Gasteiger partial charge in [-0.05, 0) is 85.3 Å². The Morgan fingerprint density at radius 3 is 1.51 bits per heavy atom. The van der Waals surface area contributed by atoms with Gasteiger partial charge in [0.05, 0.1) is 4.90 Å². The van der Waals surface area contributed by atoms with Gasteiger partial charge in [0.15, 0.2) is 0 Å². The van der Waals surface area contributed by atoms with E-state index in [1.807, 2.05) is 36.4 Å². The number of aromatic hydroxyl groups is 1. The van der Waals surface area contributed by atoms with Crippen molar-refractivity contribution < 1.29 is 45.6 Å². The Labute approximate surface area is 319 Å². The van der Waals surface area contributed by atoms with Crippen LogP contribution >= 0.6 is 0 Å². The molecule has 0 unspecified atom stereocenters. The van der Waals surface area contributed by atoms with Crippen LogP contribution in [0, 0.1) is 0 Å². The zero-order chi connectivity index (χ0) is 35.2. The third-order valence-electron chi connectivity index (χ3n) is 7.30. The predicted molar refractivity (Wildman–Crippen MR) is 186 cm³/mol. The van der Waals surface area contributed by atoms with Crippen LogP contribution in [0.5, 0.6) is 34.5 Å². The molecule has 10 nitrogen and oxygen atoms in total. The van der Waals surface area contributed by atoms with Gasteiger partial charge >= 0.3 is 37.7 Å². The molecule has 0 fully saturated rings. The van der Waals surface area contributed by atoms with Crippen molar-refractivity contribution in [1.82, 2.24) is 0 Å². The van der Waals surface area contributed by atoms with E-state index in [-0.39, 0.29) is 49.2 Å². The largest absolute Gasteiger partial charge is 2.00 e. The fourth-order valence-electron chi connectivity index (χ4n) is 4.82. The van der Waals surface area contributed by atoms with Crippen LogP contribution in [0.2, 0.25) is 0 Å². The van der Waals surface area contributed by atoms with E-state index in [0.717, 1.165) is 55.0 Å². The van der Waals surface area contributed by atoms with E-state index in [4.69, 9.17) is 14.0 Å². The first kappa shape index (κ1) is 42.3. The smallest absolute Gasteiger partial charge is 0.872 e. The molecule has 0 saturated carbocycles. The number of rotatable bonds is 16. The maximum absolute atomic E-state index is 11.5. The SMILES string of the molecule is CCCCCCc1cccc(Oc2ccc(O)c(S(=O)(=O)O)c2)c1.CCCCCCc1cccc(Oc2ccc([O-])c(S(=O)(=O)[O-])c2)c1.[Ca+2]. The summed E-state index contributed by atoms with van der Waals surface area (Å²) in [6.45, 7) is 4.34. The van der Waals surface area contributed by atoms with Crippen molar-refractivity contribution in [2.45, 2.75) is 87.8 Å². The first-order valence-electron chi connectivity index (χ1n) is 15.9. The summed E-state index contributed by atoms with van der Waals surface area (Å²) in [7, 11) is -9.32. The fraction of sp³-hybridized carbons (Fsp3) is 0.333. The first-order chi connectivity index (χ1) is 22.8. The minimum atomic E-state index is -4.82. The molecule has 0 aliphatic rings. The van der Waals surface area contributed by atoms with Crippen molar-refractivity contribution in [2.75, 3.05) is 0 Å². The van der Waals surface area contributed by atoms with Gasteiger partial charge in [0.25, 0.3) is 10.1 Å². The van der Waals surface area contributed by atoms with Crippen LogP contribution in [-0.4, -0.2) is 68.8 Å². The molecular formula is C36H42CaO10S2. The van der Waals surface area contributed by atoms with Gasteiger partial charge in [-0.1, -0.05) is 88.5 Å². The number of phenols is 1. The second kappa shape index (κ2) is 20.7. The number of phenolic OH excluding ortho intramolecular Hbond substituents is 1. The van der Waals surface area contributed by atoms with Crippen LogP contribution in [-0.2, 0) is 33.1 Å². The van der Waals surface area contributed by atoms with Gasteiger partial charge in [-0.25, -0.2) is 8.42 Å². The molecular weight excluding hydrogens is 697 g/mol. The Hall–Kier alpha value is -2.84. The van der Waals surface area contributed by atoms with Gasteiger partial charge in [-0.15, -0.1) is 0 Å². The van der Waals surface area contributed by atoms with Crippen LogP contribution in [0.3, 0.4) is 0 Å². The number of hydrogen-bond acceptors (Lipinski definition) is 9. The molecule has 0 amide bonds. The molecule has 0 aliphatic carbocycles. The van der Waals surface area contributed by atoms with Crippen molar-refractivity contribution in [3.05, 3.63) is 96.1 Å². The number of benzene rings is 4. The molecule has 0 bridgehead atoms. The van der Waals surface area contributed by atoms with E-state index < -0.39 is 41.5 Å². The van der Waals surface area contributed by atoms with Gasteiger partial charge in [-0.3, -0.25) is 4.55 Å². The van der Waals surface area contributed by atoms with Crippen molar-refractivity contribution >= 4 is 58.0 Å². The van der Waals surface area contributed by atoms with E-state index in [1.54, 1.807) is 12.1 Å². The molecule has 4 aromatic rings. The summed E-state index contributed by atoms with van der Waals surface area (Å²) in [5, 5.41) is 21.0. The van der Waals surface area contributed by atoms with Gasteiger partial charge < -0.3 is 24.2 Å². The minimum absolute atomic E-state index is 0. The van der Waals surface area contributed by atoms with E-state index in [9.17, 15) is 31.6 Å². The molecule has 0 aliphatic heterocycles. The molecule has 0 aromatic heterocycles. The molecule has 49 heavy (non-hydrogen) atoms. The molecule has 0 heterocycles. The standard InChI is InChI=1S/2C18H22O5S.Ca/c2*1-2-3-4-5-7-14-8-6-9-15(12-14)23-16-10-11-17(19)18(13-16)24(20,21)22;/h2*6,8-13,19H,2-5,7H2,1H3,(H,20,21,22);/q;;+2/p-2. The molecule has 0 atom stereocenters. The monoisotopic (exact) mass is 738 g/mol. The third-order valence-corrected chi connectivity index (χ3v) is 9.04. The van der Waals surface area contributed by atoms with Crippen LogP contribution in [0.15, 0.2) is 94.7 Å². The first-order valence-corrected chi connectivity index (χ1v) is 18.8. The van der Waals surface area contributed by atoms with Crippen LogP contribution in [0.25, 0.3) is 0 Å². The second-order valence-corrected chi connectivity index (χ2v) is 14.0. The number of hydrogen-bond donors (Lipinski definition) is 2. The fourth-order valence-corrected chi connectivity index (χ4v) is 6.00. The summed E-state index contributed by atoms with van der Waals surface area (Å²) in [4.78, 5) is -1.37. The summed E-state index contributed by atoms with van der Waals surface area (Å²) >= 11 is 0. The number of aryl methyl sites for hydroxylation is 2. The maximum atomic E-state index is 11.5. The van der Waals surface area contributed by atoms with Crippen LogP contribution < -0.4 is 14.6 Å². The number of unbranched alkanes of at least 4 members (excludes halogenated alkanes) is 6. The Balaban J connectivity index is 0.000000333. The van der Waals surface area contributed by atoms with Gasteiger partial charge in [0, 0.05) is 6.07 Å². The molecule has 4 aromatic carbocycles. The van der Waals surface area contributed by atoms with E-state index in [1.165, 1.54) is 56.7 Å². The van der Waals surface area contributed by atoms with E-state index in [0.29, 0.717) is 11.5 Å². The molecule has 0 spiro atoms. The van der Waals surface area contributed by atoms with Gasteiger partial charge in [-0.2, -0.15) is 8.42 Å². The number of ether oxygens (including phenoxy) is 2.